The van der Waals surface area contributed by atoms with Crippen molar-refractivity contribution in [1.82, 2.24) is 0 Å². The van der Waals surface area contributed by atoms with E-state index in [0.717, 1.165) is 108 Å². The van der Waals surface area contributed by atoms with Crippen LogP contribution >= 0.6 is 0 Å². The minimum atomic E-state index is -5.70. The van der Waals surface area contributed by atoms with Crippen molar-refractivity contribution in [3.8, 4) is 69.0 Å². The van der Waals surface area contributed by atoms with Crippen LogP contribution in [-0.2, 0) is 29.2 Å². The molecular formula is C111H137F6N7O11S2Si2. The van der Waals surface area contributed by atoms with Crippen molar-refractivity contribution in [2.75, 3.05) is 23.7 Å². The molecule has 0 heterocycles. The number of sulfone groups is 2. The van der Waals surface area contributed by atoms with E-state index in [1.54, 1.807) is 133 Å². The van der Waals surface area contributed by atoms with Crippen LogP contribution in [0.2, 0.25) is 38.3 Å². The fourth-order valence-corrected chi connectivity index (χ4v) is 28.9. The van der Waals surface area contributed by atoms with Gasteiger partial charge >= 0.3 is 12.4 Å². The summed E-state index contributed by atoms with van der Waals surface area (Å²) in [5.41, 5.74) is 39.1. The normalized spacial score (nSPS) is 17.8. The number of unbranched alkanes of at least 4 members (excludes halogenated alkanes) is 1. The number of hydrogen-bond acceptors (Lipinski definition) is 18. The van der Waals surface area contributed by atoms with Gasteiger partial charge in [-0.2, -0.15) is 26.3 Å². The summed E-state index contributed by atoms with van der Waals surface area (Å²) in [6.45, 7) is 25.2. The number of alkyl halides is 6. The van der Waals surface area contributed by atoms with E-state index >= 15 is 0 Å². The quantitative estimate of drug-likeness (QED) is 0.0136. The molecule has 0 saturated heterocycles. The Kier molecular flexibility index (Phi) is 39.9. The van der Waals surface area contributed by atoms with E-state index in [4.69, 9.17) is 72.7 Å². The number of rotatable bonds is 28. The molecule has 0 spiro atoms. The molecule has 0 radical (unpaired) electrons. The van der Waals surface area contributed by atoms with Crippen molar-refractivity contribution >= 4 is 53.4 Å². The average molecular weight is 1980 g/mol. The van der Waals surface area contributed by atoms with Gasteiger partial charge in [-0.05, 0) is 394 Å². The molecule has 139 heavy (non-hydrogen) atoms. The van der Waals surface area contributed by atoms with Gasteiger partial charge in [0.15, 0.2) is 16.6 Å². The topological polar surface area (TPSA) is 315 Å². The third kappa shape index (κ3) is 33.4. The molecule has 744 valence electrons. The summed E-state index contributed by atoms with van der Waals surface area (Å²) in [7, 11) is -10.1. The average Bonchev–Trinajstić information content (AvgIpc) is 0.714. The van der Waals surface area contributed by atoms with E-state index in [1.165, 1.54) is 156 Å². The largest absolute Gasteiger partial charge is 0.457 e. The summed E-state index contributed by atoms with van der Waals surface area (Å²) in [5, 5.41) is 0. The van der Waals surface area contributed by atoms with E-state index < -0.39 is 65.2 Å². The Bertz CT molecular complexity index is 5650. The predicted molar refractivity (Wildman–Crippen MR) is 552 cm³/mol. The fourth-order valence-electron chi connectivity index (χ4n) is 17.3. The molecule has 0 aliphatic heterocycles. The molecule has 3 aliphatic rings. The van der Waals surface area contributed by atoms with Gasteiger partial charge in [0.05, 0.1) is 19.6 Å². The van der Waals surface area contributed by atoms with E-state index in [1.807, 2.05) is 69.3 Å². The zero-order valence-electron chi connectivity index (χ0n) is 81.5. The highest BCUT2D eigenvalue weighted by Crippen LogP contribution is 2.57. The lowest BCUT2D eigenvalue weighted by Crippen LogP contribution is -2.54. The van der Waals surface area contributed by atoms with Crippen LogP contribution in [0, 0.1) is 50.4 Å². The highest BCUT2D eigenvalue weighted by Gasteiger charge is 2.72. The molecule has 3 aliphatic carbocycles. The molecule has 3 saturated carbocycles. The summed E-state index contributed by atoms with van der Waals surface area (Å²) < 4.78 is 179. The van der Waals surface area contributed by atoms with Gasteiger partial charge in [-0.1, -0.05) is 131 Å². The molecule has 12 aromatic carbocycles. The maximum Gasteiger partial charge on any atom is 0.411 e. The van der Waals surface area contributed by atoms with Crippen LogP contribution in [0.25, 0.3) is 0 Å². The van der Waals surface area contributed by atoms with Crippen LogP contribution in [0.4, 0.5) is 43.4 Å². The van der Waals surface area contributed by atoms with Crippen molar-refractivity contribution in [2.45, 2.75) is 232 Å². The highest BCUT2D eigenvalue weighted by atomic mass is 32.2. The number of nitrogen functional groups attached to an aromatic ring is 3. The van der Waals surface area contributed by atoms with Crippen LogP contribution in [0.15, 0.2) is 311 Å². The smallest absolute Gasteiger partial charge is 0.411 e. The van der Waals surface area contributed by atoms with Crippen LogP contribution in [0.5, 0.6) is 69.0 Å². The lowest BCUT2D eigenvalue weighted by Gasteiger charge is -2.38. The Hall–Kier alpha value is -11.4. The maximum absolute atomic E-state index is 14.4. The van der Waals surface area contributed by atoms with Crippen LogP contribution in [0.3, 0.4) is 0 Å². The fraction of sp³-hybridized carbons (Fsp3) is 0.351. The second-order valence-corrected chi connectivity index (χ2v) is 50.7. The first kappa shape index (κ1) is 110. The van der Waals surface area contributed by atoms with Gasteiger partial charge in [0, 0.05) is 41.3 Å². The Morgan fingerprint density at radius 2 is 0.662 bits per heavy atom. The second kappa shape index (κ2) is 50.6. The van der Waals surface area contributed by atoms with E-state index in [-0.39, 0.29) is 31.1 Å². The van der Waals surface area contributed by atoms with Gasteiger partial charge in [0.1, 0.15) is 69.0 Å². The first-order chi connectivity index (χ1) is 65.9. The molecule has 8 atom stereocenters. The van der Waals surface area contributed by atoms with Crippen LogP contribution < -0.4 is 68.6 Å². The van der Waals surface area contributed by atoms with Crippen molar-refractivity contribution < 1.29 is 75.7 Å². The third-order valence-corrected chi connectivity index (χ3v) is 36.1. The molecule has 8 unspecified atom stereocenters. The number of nitrogens with two attached hydrogens (primary N) is 7. The Labute approximate surface area is 820 Å². The van der Waals surface area contributed by atoms with Gasteiger partial charge in [-0.3, -0.25) is 0 Å². The monoisotopic (exact) mass is 1980 g/mol. The van der Waals surface area contributed by atoms with Crippen molar-refractivity contribution in [3.63, 3.8) is 0 Å². The van der Waals surface area contributed by atoms with E-state index in [0.29, 0.717) is 92.7 Å². The van der Waals surface area contributed by atoms with Crippen molar-refractivity contribution in [3.05, 3.63) is 319 Å². The standard InChI is InChI=1S/C28H21F6NO2.2C25H21NO4S.C15H30N2.C11H29NOSi2.C7H15N/c1-18-2-10-22(11-3-18)36-23-12-4-19(5-13-23)26(27(29,30)31,28(32,33)34)20-6-14-24(15-7-20)37-25-16-8-21(35)9-17-25;1-18-2-6-20(7-3-18)29-22-10-14-24(15-11-22)31(27,28)25-16-12-23(13-17-25)30-21-8-4-19(26)5-9-21;1-18-4-2-6-22(16-18)29-20-8-12-24(13-9-20)31(27,28)25-14-10-21(11-15-25)30-23-7-3-5-19(26)17-23;1-10-7-12(3-5-14(10)16)9-13-4-6-15(17)11(2)8-13;1-6-7-10-14(2,3)13-15(4,5)11-8-9-12;1-6-3-2-4-7(8)5-6/h2-17H,35H2,1H3;2*2-17H,26H2,1H3;10-15H,3-9,16-17H2,1-2H3;6-12H2,1-5H3;6-7H,2-5,8H2,1H3. The summed E-state index contributed by atoms with van der Waals surface area (Å²) >= 11 is 0. The minimum Gasteiger partial charge on any atom is -0.457 e. The first-order valence-electron chi connectivity index (χ1n) is 47.6. The number of benzene rings is 12. The number of hydrogen-bond donors (Lipinski definition) is 7. The summed E-state index contributed by atoms with van der Waals surface area (Å²) in [4.78, 5) is 0.744. The lowest BCUT2D eigenvalue weighted by atomic mass is 9.71. The molecule has 18 nitrogen and oxygen atoms in total. The zero-order chi connectivity index (χ0) is 101. The minimum absolute atomic E-state index is 0.0635. The maximum atomic E-state index is 14.4. The molecule has 12 aromatic rings. The molecule has 0 bridgehead atoms. The molecule has 14 N–H and O–H groups in total. The van der Waals surface area contributed by atoms with Gasteiger partial charge in [0.2, 0.25) is 25.1 Å². The van der Waals surface area contributed by atoms with E-state index in [9.17, 15) is 43.2 Å². The van der Waals surface area contributed by atoms with Gasteiger partial charge in [0.25, 0.3) is 0 Å². The molecule has 28 heteroatoms. The number of halogens is 6. The second-order valence-electron chi connectivity index (χ2n) is 38.0. The van der Waals surface area contributed by atoms with E-state index in [2.05, 4.69) is 53.9 Å². The van der Waals surface area contributed by atoms with Gasteiger partial charge in [-0.25, -0.2) is 16.8 Å². The SMILES string of the molecule is CC1CC(CC2CCC(N)C(C)C2)CCC1N.CC1CCCC(N)C1.CCCC[Si](C)(C)O[Si](C)(C)CCCN.Cc1ccc(Oc2ccc(C(c3ccc(Oc4ccc(N)cc4)cc3)(C(F)(F)F)C(F)(F)F)cc2)cc1.Cc1ccc(Oc2ccc(S(=O)(=O)c3ccc(Oc4ccc(N)cc4)cc3)cc2)cc1.Cc1cccc(Oc2ccc(S(=O)(=O)c3ccc(Oc4cccc(N)c4)cc3)cc2)c1. The molecule has 0 aromatic heterocycles. The van der Waals surface area contributed by atoms with Crippen molar-refractivity contribution in [2.24, 2.45) is 52.5 Å². The lowest BCUT2D eigenvalue weighted by molar-refractivity contribution is -0.288. The predicted octanol–water partition coefficient (Wildman–Crippen LogP) is 28.6. The summed E-state index contributed by atoms with van der Waals surface area (Å²) in [6.07, 6.45) is 6.94. The third-order valence-electron chi connectivity index (χ3n) is 25.0. The van der Waals surface area contributed by atoms with Gasteiger partial charge < -0.3 is 72.7 Å². The Morgan fingerprint density at radius 3 is 0.957 bits per heavy atom. The van der Waals surface area contributed by atoms with Crippen LogP contribution in [0.1, 0.15) is 145 Å². The molecular weight excluding hydrogens is 1840 g/mol. The molecule has 15 rings (SSSR count). The van der Waals surface area contributed by atoms with Gasteiger partial charge in [-0.15, -0.1) is 0 Å². The number of ether oxygens (including phenoxy) is 6. The Morgan fingerprint density at radius 1 is 0.353 bits per heavy atom. The summed E-state index contributed by atoms with van der Waals surface area (Å²) in [6, 6.07) is 78.9. The first-order valence-corrected chi connectivity index (χ1v) is 56.8. The van der Waals surface area contributed by atoms with Crippen LogP contribution in [-0.4, -0.2) is 70.5 Å². The summed E-state index contributed by atoms with van der Waals surface area (Å²) in [5.74, 6) is 9.89. The Balaban J connectivity index is 0.000000181. The zero-order valence-corrected chi connectivity index (χ0v) is 85.1. The number of anilines is 3. The molecule has 3 fully saturated rings. The highest BCUT2D eigenvalue weighted by molar-refractivity contribution is 7.91. The molecule has 0 amide bonds. The number of aryl methyl sites for hydroxylation is 3. The van der Waals surface area contributed by atoms with Crippen molar-refractivity contribution in [1.29, 1.82) is 0 Å².